The number of carbonyl (C=O) groups excluding carboxylic acids is 1. The van der Waals surface area contributed by atoms with E-state index < -0.39 is 5.97 Å². The molecule has 1 saturated heterocycles. The number of hydrogen-bond acceptors (Lipinski definition) is 6. The molecular weight excluding hydrogens is 408 g/mol. The van der Waals surface area contributed by atoms with Crippen LogP contribution in [0.1, 0.15) is 46.4 Å². The normalized spacial score (nSPS) is 20.6. The number of pyridine rings is 1. The molecule has 9 heteroatoms. The number of amides is 1. The molecule has 0 atom stereocenters. The van der Waals surface area contributed by atoms with Crippen molar-refractivity contribution in [2.45, 2.75) is 37.8 Å². The standard InChI is InChI=1S/C23H24N6O3/c30-22(25-17-10-18(11-17)28-7-3-4-8-28)19-5-1-2-6-21(19)29-14-20(26-27-29)15-9-16(23(31)32)13-24-12-15/h1-2,5-6,9,12-14,17-18H,3-4,7-8,10-11H2,(H,25,30)(H,31,32). The summed E-state index contributed by atoms with van der Waals surface area (Å²) in [5, 5.41) is 20.6. The second-order valence-electron chi connectivity index (χ2n) is 8.37. The Balaban J connectivity index is 1.31. The Hall–Kier alpha value is -3.59. The van der Waals surface area contributed by atoms with Crippen molar-refractivity contribution in [3.8, 4) is 16.9 Å². The Morgan fingerprint density at radius 3 is 2.66 bits per heavy atom. The average molecular weight is 432 g/mol. The number of hydrogen-bond donors (Lipinski definition) is 2. The van der Waals surface area contributed by atoms with Crippen LogP contribution in [-0.2, 0) is 0 Å². The number of aromatic nitrogens is 4. The van der Waals surface area contributed by atoms with Crippen molar-refractivity contribution in [1.29, 1.82) is 0 Å². The van der Waals surface area contributed by atoms with E-state index in [2.05, 4.69) is 25.5 Å². The van der Waals surface area contributed by atoms with Crippen molar-refractivity contribution in [3.05, 3.63) is 60.0 Å². The van der Waals surface area contributed by atoms with E-state index in [9.17, 15) is 14.7 Å². The molecule has 164 valence electrons. The highest BCUT2D eigenvalue weighted by molar-refractivity contribution is 5.98. The quantitative estimate of drug-likeness (QED) is 0.615. The molecule has 0 spiro atoms. The van der Waals surface area contributed by atoms with Gasteiger partial charge in [-0.2, -0.15) is 0 Å². The summed E-state index contributed by atoms with van der Waals surface area (Å²) in [6.07, 6.45) is 9.02. The Morgan fingerprint density at radius 2 is 1.88 bits per heavy atom. The van der Waals surface area contributed by atoms with E-state index in [-0.39, 0.29) is 17.5 Å². The van der Waals surface area contributed by atoms with E-state index in [0.717, 1.165) is 12.8 Å². The summed E-state index contributed by atoms with van der Waals surface area (Å²) in [6.45, 7) is 2.35. The van der Waals surface area contributed by atoms with E-state index in [1.54, 1.807) is 12.3 Å². The van der Waals surface area contributed by atoms with Crippen molar-refractivity contribution < 1.29 is 14.7 Å². The Bertz CT molecular complexity index is 1150. The maximum atomic E-state index is 13.0. The van der Waals surface area contributed by atoms with Crippen LogP contribution >= 0.6 is 0 Å². The van der Waals surface area contributed by atoms with Crippen LogP contribution in [-0.4, -0.2) is 67.0 Å². The summed E-state index contributed by atoms with van der Waals surface area (Å²) in [5.41, 5.74) is 2.22. The van der Waals surface area contributed by atoms with Gasteiger partial charge in [0.15, 0.2) is 0 Å². The lowest BCUT2D eigenvalue weighted by Gasteiger charge is -2.41. The fraction of sp³-hybridized carbons (Fsp3) is 0.348. The van der Waals surface area contributed by atoms with Crippen LogP contribution < -0.4 is 5.32 Å². The van der Waals surface area contributed by atoms with Crippen molar-refractivity contribution in [2.24, 2.45) is 0 Å². The monoisotopic (exact) mass is 432 g/mol. The van der Waals surface area contributed by atoms with Gasteiger partial charge in [-0.1, -0.05) is 17.3 Å². The molecule has 3 aromatic rings. The first-order valence-corrected chi connectivity index (χ1v) is 10.8. The molecule has 0 bridgehead atoms. The molecular formula is C23H24N6O3. The lowest BCUT2D eigenvalue weighted by atomic mass is 9.85. The van der Waals surface area contributed by atoms with E-state index >= 15 is 0 Å². The predicted molar refractivity (Wildman–Crippen MR) is 117 cm³/mol. The predicted octanol–water partition coefficient (Wildman–Crippen LogP) is 2.38. The van der Waals surface area contributed by atoms with Crippen molar-refractivity contribution in [2.75, 3.05) is 13.1 Å². The zero-order valence-electron chi connectivity index (χ0n) is 17.5. The number of aromatic carboxylic acids is 1. The van der Waals surface area contributed by atoms with Gasteiger partial charge in [0.1, 0.15) is 5.69 Å². The molecule has 1 aromatic carbocycles. The van der Waals surface area contributed by atoms with E-state index in [1.165, 1.54) is 49.1 Å². The van der Waals surface area contributed by atoms with Crippen LogP contribution in [0.2, 0.25) is 0 Å². The van der Waals surface area contributed by atoms with Crippen LogP contribution in [0.25, 0.3) is 16.9 Å². The second kappa shape index (κ2) is 8.51. The zero-order valence-corrected chi connectivity index (χ0v) is 17.5. The Kier molecular flexibility index (Phi) is 5.40. The molecule has 9 nitrogen and oxygen atoms in total. The van der Waals surface area contributed by atoms with Crippen LogP contribution in [0.3, 0.4) is 0 Å². The molecule has 1 amide bonds. The fourth-order valence-corrected chi connectivity index (χ4v) is 4.45. The van der Waals surface area contributed by atoms with E-state index in [1.807, 2.05) is 18.2 Å². The van der Waals surface area contributed by atoms with Crippen molar-refractivity contribution >= 4 is 11.9 Å². The van der Waals surface area contributed by atoms with Gasteiger partial charge >= 0.3 is 5.97 Å². The number of nitrogens with one attached hydrogen (secondary N) is 1. The van der Waals surface area contributed by atoms with Gasteiger partial charge in [0, 0.05) is 30.0 Å². The molecule has 1 saturated carbocycles. The van der Waals surface area contributed by atoms with Gasteiger partial charge in [0.25, 0.3) is 5.91 Å². The number of carbonyl (C=O) groups is 2. The molecule has 5 rings (SSSR count). The molecule has 3 heterocycles. The van der Waals surface area contributed by atoms with Crippen LogP contribution in [0.15, 0.2) is 48.9 Å². The summed E-state index contributed by atoms with van der Waals surface area (Å²) in [4.78, 5) is 30.7. The first-order valence-electron chi connectivity index (χ1n) is 10.8. The minimum atomic E-state index is -1.06. The summed E-state index contributed by atoms with van der Waals surface area (Å²) in [6, 6.07) is 9.53. The third-order valence-corrected chi connectivity index (χ3v) is 6.28. The number of nitrogens with zero attached hydrogens (tertiary/aromatic N) is 5. The third-order valence-electron chi connectivity index (χ3n) is 6.28. The number of benzene rings is 1. The van der Waals surface area contributed by atoms with Gasteiger partial charge in [-0.05, 0) is 57.0 Å². The van der Waals surface area contributed by atoms with Gasteiger partial charge in [-0.3, -0.25) is 9.78 Å². The molecule has 0 unspecified atom stereocenters. The highest BCUT2D eigenvalue weighted by atomic mass is 16.4. The molecule has 2 aliphatic rings. The Labute approximate surface area is 185 Å². The molecule has 0 radical (unpaired) electrons. The molecule has 1 aliphatic heterocycles. The lowest BCUT2D eigenvalue weighted by Crippen LogP contribution is -2.53. The number of para-hydroxylation sites is 1. The minimum absolute atomic E-state index is 0.0737. The fourth-order valence-electron chi connectivity index (χ4n) is 4.45. The number of rotatable bonds is 6. The van der Waals surface area contributed by atoms with Gasteiger partial charge < -0.3 is 15.3 Å². The topological polar surface area (TPSA) is 113 Å². The summed E-state index contributed by atoms with van der Waals surface area (Å²) < 4.78 is 1.53. The highest BCUT2D eigenvalue weighted by Crippen LogP contribution is 2.29. The third kappa shape index (κ3) is 3.99. The second-order valence-corrected chi connectivity index (χ2v) is 8.37. The minimum Gasteiger partial charge on any atom is -0.478 e. The molecule has 2 N–H and O–H groups in total. The van der Waals surface area contributed by atoms with E-state index in [0.29, 0.717) is 28.6 Å². The van der Waals surface area contributed by atoms with Crippen LogP contribution in [0, 0.1) is 0 Å². The molecule has 2 fully saturated rings. The van der Waals surface area contributed by atoms with Gasteiger partial charge in [-0.25, -0.2) is 9.48 Å². The van der Waals surface area contributed by atoms with Crippen molar-refractivity contribution in [3.63, 3.8) is 0 Å². The van der Waals surface area contributed by atoms with Crippen molar-refractivity contribution in [1.82, 2.24) is 30.2 Å². The first kappa shape index (κ1) is 20.3. The SMILES string of the molecule is O=C(O)c1cncc(-c2cn(-c3ccccc3C(=O)NC3CC(N4CCCC4)C3)nn2)c1. The van der Waals surface area contributed by atoms with Crippen LogP contribution in [0.5, 0.6) is 0 Å². The molecule has 1 aliphatic carbocycles. The smallest absolute Gasteiger partial charge is 0.337 e. The maximum absolute atomic E-state index is 13.0. The molecule has 32 heavy (non-hydrogen) atoms. The summed E-state index contributed by atoms with van der Waals surface area (Å²) in [7, 11) is 0. The van der Waals surface area contributed by atoms with Gasteiger partial charge in [-0.15, -0.1) is 5.10 Å². The van der Waals surface area contributed by atoms with E-state index in [4.69, 9.17) is 0 Å². The first-order chi connectivity index (χ1) is 15.6. The largest absolute Gasteiger partial charge is 0.478 e. The average Bonchev–Trinajstić information content (AvgIpc) is 3.48. The molecule has 2 aromatic heterocycles. The number of likely N-dealkylation sites (tertiary alicyclic amines) is 1. The highest BCUT2D eigenvalue weighted by Gasteiger charge is 2.35. The van der Waals surface area contributed by atoms with Gasteiger partial charge in [0.05, 0.1) is 23.0 Å². The zero-order chi connectivity index (χ0) is 22.1. The number of carboxylic acids is 1. The Morgan fingerprint density at radius 1 is 1.09 bits per heavy atom. The van der Waals surface area contributed by atoms with Crippen LogP contribution in [0.4, 0.5) is 0 Å². The van der Waals surface area contributed by atoms with Gasteiger partial charge in [0.2, 0.25) is 0 Å². The summed E-state index contributed by atoms with van der Waals surface area (Å²) in [5.74, 6) is -1.19. The summed E-state index contributed by atoms with van der Waals surface area (Å²) >= 11 is 0. The lowest BCUT2D eigenvalue weighted by molar-refractivity contribution is 0.0695. The number of carboxylic acid groups (broad SMARTS) is 1. The maximum Gasteiger partial charge on any atom is 0.337 e.